The number of para-hydroxylation sites is 1. The summed E-state index contributed by atoms with van der Waals surface area (Å²) in [4.78, 5) is 12.8. The third-order valence-electron chi connectivity index (χ3n) is 4.79. The Kier molecular flexibility index (Phi) is 3.99. The molecule has 2 aliphatic rings. The van der Waals surface area contributed by atoms with Crippen LogP contribution in [-0.4, -0.2) is 25.2 Å². The summed E-state index contributed by atoms with van der Waals surface area (Å²) in [6, 6.07) is 11.2. The first-order valence-corrected chi connectivity index (χ1v) is 8.64. The summed E-state index contributed by atoms with van der Waals surface area (Å²) in [6.45, 7) is 5.39. The van der Waals surface area contributed by atoms with Gasteiger partial charge in [-0.3, -0.25) is 4.79 Å². The normalized spacial score (nSPS) is 21.0. The van der Waals surface area contributed by atoms with Crippen molar-refractivity contribution in [1.29, 1.82) is 0 Å². The molecule has 0 unspecified atom stereocenters. The predicted molar refractivity (Wildman–Crippen MR) is 94.9 cm³/mol. The van der Waals surface area contributed by atoms with Crippen LogP contribution >= 0.6 is 0 Å². The van der Waals surface area contributed by atoms with Gasteiger partial charge in [-0.15, -0.1) is 0 Å². The SMILES string of the molecule is C[C@@H]1Oc2c(C(=O)Nc3ccc4c(c3)OCCCO4)cccc2[C@H]1C. The van der Waals surface area contributed by atoms with Gasteiger partial charge in [-0.2, -0.15) is 0 Å². The second kappa shape index (κ2) is 6.31. The van der Waals surface area contributed by atoms with Gasteiger partial charge in [-0.25, -0.2) is 0 Å². The number of amides is 1. The van der Waals surface area contributed by atoms with Crippen molar-refractivity contribution in [1.82, 2.24) is 0 Å². The number of hydrogen-bond donors (Lipinski definition) is 1. The Morgan fingerprint density at radius 1 is 1.08 bits per heavy atom. The van der Waals surface area contributed by atoms with Gasteiger partial charge >= 0.3 is 0 Å². The third-order valence-corrected chi connectivity index (χ3v) is 4.79. The zero-order chi connectivity index (χ0) is 17.4. The number of fused-ring (bicyclic) bond motifs is 2. The zero-order valence-electron chi connectivity index (χ0n) is 14.4. The van der Waals surface area contributed by atoms with Crippen LogP contribution in [0.25, 0.3) is 0 Å². The lowest BCUT2D eigenvalue weighted by atomic mass is 9.97. The standard InChI is InChI=1S/C20H21NO4/c1-12-13(2)25-19-15(12)5-3-6-16(19)20(22)21-14-7-8-17-18(11-14)24-10-4-9-23-17/h3,5-8,11-13H,4,9-10H2,1-2H3,(H,21,22)/t12-,13-/m0/s1. The fourth-order valence-corrected chi connectivity index (χ4v) is 3.20. The quantitative estimate of drug-likeness (QED) is 0.899. The van der Waals surface area contributed by atoms with E-state index in [4.69, 9.17) is 14.2 Å². The number of rotatable bonds is 2. The van der Waals surface area contributed by atoms with Crippen LogP contribution in [0.15, 0.2) is 36.4 Å². The zero-order valence-corrected chi connectivity index (χ0v) is 14.4. The van der Waals surface area contributed by atoms with Gasteiger partial charge in [0.1, 0.15) is 11.9 Å². The molecule has 0 aromatic heterocycles. The average Bonchev–Trinajstić information content (AvgIpc) is 2.78. The Hall–Kier alpha value is -2.69. The molecule has 2 aliphatic heterocycles. The molecule has 2 aromatic carbocycles. The molecule has 0 saturated carbocycles. The van der Waals surface area contributed by atoms with Crippen LogP contribution in [0, 0.1) is 0 Å². The number of ether oxygens (including phenoxy) is 3. The van der Waals surface area contributed by atoms with Crippen molar-refractivity contribution in [2.45, 2.75) is 32.3 Å². The fraction of sp³-hybridized carbons (Fsp3) is 0.350. The first-order chi connectivity index (χ1) is 12.1. The van der Waals surface area contributed by atoms with E-state index in [0.717, 1.165) is 12.0 Å². The molecule has 4 rings (SSSR count). The number of hydrogen-bond acceptors (Lipinski definition) is 4. The lowest BCUT2D eigenvalue weighted by Gasteiger charge is -2.12. The minimum absolute atomic E-state index is 0.0713. The van der Waals surface area contributed by atoms with E-state index in [-0.39, 0.29) is 17.9 Å². The number of carbonyl (C=O) groups excluding carboxylic acids is 1. The molecule has 0 fully saturated rings. The summed E-state index contributed by atoms with van der Waals surface area (Å²) in [5, 5.41) is 2.93. The maximum Gasteiger partial charge on any atom is 0.259 e. The Balaban J connectivity index is 1.59. The molecule has 5 nitrogen and oxygen atoms in total. The molecule has 0 radical (unpaired) electrons. The van der Waals surface area contributed by atoms with Gasteiger partial charge in [0.25, 0.3) is 5.91 Å². The van der Waals surface area contributed by atoms with Crippen LogP contribution in [-0.2, 0) is 0 Å². The van der Waals surface area contributed by atoms with Crippen LogP contribution in [0.4, 0.5) is 5.69 Å². The van der Waals surface area contributed by atoms with Crippen molar-refractivity contribution >= 4 is 11.6 Å². The summed E-state index contributed by atoms with van der Waals surface area (Å²) < 4.78 is 17.2. The molecule has 1 N–H and O–H groups in total. The van der Waals surface area contributed by atoms with Crippen LogP contribution < -0.4 is 19.5 Å². The third kappa shape index (κ3) is 2.90. The van der Waals surface area contributed by atoms with E-state index in [1.54, 1.807) is 12.1 Å². The van der Waals surface area contributed by atoms with E-state index in [0.29, 0.717) is 41.7 Å². The lowest BCUT2D eigenvalue weighted by molar-refractivity contribution is 0.102. The van der Waals surface area contributed by atoms with Crippen molar-refractivity contribution in [2.75, 3.05) is 18.5 Å². The van der Waals surface area contributed by atoms with E-state index < -0.39 is 0 Å². The summed E-state index contributed by atoms with van der Waals surface area (Å²) in [5.74, 6) is 2.15. The predicted octanol–water partition coefficient (Wildman–Crippen LogP) is 3.98. The highest BCUT2D eigenvalue weighted by Gasteiger charge is 2.31. The van der Waals surface area contributed by atoms with Gasteiger partial charge in [0.15, 0.2) is 11.5 Å². The topological polar surface area (TPSA) is 56.8 Å². The van der Waals surface area contributed by atoms with Gasteiger partial charge in [0, 0.05) is 29.7 Å². The molecule has 25 heavy (non-hydrogen) atoms. The monoisotopic (exact) mass is 339 g/mol. The molecule has 0 aliphatic carbocycles. The lowest BCUT2D eigenvalue weighted by Crippen LogP contribution is -2.14. The first-order valence-electron chi connectivity index (χ1n) is 8.64. The van der Waals surface area contributed by atoms with E-state index in [9.17, 15) is 4.79 Å². The number of nitrogens with one attached hydrogen (secondary N) is 1. The molecule has 2 aromatic rings. The van der Waals surface area contributed by atoms with Crippen LogP contribution in [0.5, 0.6) is 17.2 Å². The largest absolute Gasteiger partial charge is 0.490 e. The fourth-order valence-electron chi connectivity index (χ4n) is 3.20. The molecule has 0 saturated heterocycles. The van der Waals surface area contributed by atoms with E-state index in [1.165, 1.54) is 0 Å². The van der Waals surface area contributed by atoms with Crippen molar-refractivity contribution in [3.05, 3.63) is 47.5 Å². The van der Waals surface area contributed by atoms with Crippen molar-refractivity contribution < 1.29 is 19.0 Å². The Morgan fingerprint density at radius 3 is 2.72 bits per heavy atom. The van der Waals surface area contributed by atoms with Crippen molar-refractivity contribution in [2.24, 2.45) is 0 Å². The van der Waals surface area contributed by atoms with Gasteiger partial charge in [-0.05, 0) is 25.1 Å². The average molecular weight is 339 g/mol. The minimum Gasteiger partial charge on any atom is -0.490 e. The molecule has 0 bridgehead atoms. The highest BCUT2D eigenvalue weighted by molar-refractivity contribution is 6.06. The Morgan fingerprint density at radius 2 is 1.88 bits per heavy atom. The van der Waals surface area contributed by atoms with E-state index >= 15 is 0 Å². The summed E-state index contributed by atoms with van der Waals surface area (Å²) in [5.41, 5.74) is 2.31. The number of benzene rings is 2. The van der Waals surface area contributed by atoms with Gasteiger partial charge < -0.3 is 19.5 Å². The second-order valence-electron chi connectivity index (χ2n) is 6.50. The highest BCUT2D eigenvalue weighted by Crippen LogP contribution is 2.40. The maximum absolute atomic E-state index is 12.8. The smallest absolute Gasteiger partial charge is 0.259 e. The van der Waals surface area contributed by atoms with Crippen molar-refractivity contribution in [3.63, 3.8) is 0 Å². The summed E-state index contributed by atoms with van der Waals surface area (Å²) >= 11 is 0. The van der Waals surface area contributed by atoms with Gasteiger partial charge in [0.05, 0.1) is 18.8 Å². The summed E-state index contributed by atoms with van der Waals surface area (Å²) in [6.07, 6.45) is 0.919. The highest BCUT2D eigenvalue weighted by atomic mass is 16.5. The number of carbonyl (C=O) groups is 1. The van der Waals surface area contributed by atoms with E-state index in [1.807, 2.05) is 31.2 Å². The van der Waals surface area contributed by atoms with Gasteiger partial charge in [0.2, 0.25) is 0 Å². The Bertz CT molecular complexity index is 817. The van der Waals surface area contributed by atoms with Crippen LogP contribution in [0.2, 0.25) is 0 Å². The van der Waals surface area contributed by atoms with Crippen LogP contribution in [0.3, 0.4) is 0 Å². The molecule has 1 amide bonds. The molecule has 5 heteroatoms. The maximum atomic E-state index is 12.8. The summed E-state index contributed by atoms with van der Waals surface area (Å²) in [7, 11) is 0. The Labute approximate surface area is 146 Å². The van der Waals surface area contributed by atoms with E-state index in [2.05, 4.69) is 12.2 Å². The van der Waals surface area contributed by atoms with Gasteiger partial charge in [-0.1, -0.05) is 19.1 Å². The molecular weight excluding hydrogens is 318 g/mol. The molecular formula is C20H21NO4. The molecule has 130 valence electrons. The number of anilines is 1. The van der Waals surface area contributed by atoms with Crippen molar-refractivity contribution in [3.8, 4) is 17.2 Å². The molecule has 2 heterocycles. The molecule has 0 spiro atoms. The second-order valence-corrected chi connectivity index (χ2v) is 6.50. The van der Waals surface area contributed by atoms with Crippen LogP contribution in [0.1, 0.15) is 42.1 Å². The first kappa shape index (κ1) is 15.8. The minimum atomic E-state index is -0.187. The molecule has 2 atom stereocenters.